The molecule has 74 heavy (non-hydrogen) atoms. The summed E-state index contributed by atoms with van der Waals surface area (Å²) in [4.78, 5) is 0. The molecule has 4 heteroatoms. The maximum absolute atomic E-state index is 3.30. The van der Waals surface area contributed by atoms with Gasteiger partial charge >= 0.3 is 191 Å². The van der Waals surface area contributed by atoms with E-state index in [1.54, 1.807) is 0 Å². The zero-order valence-corrected chi connectivity index (χ0v) is 47.3. The molecule has 0 nitrogen and oxygen atoms in total. The molecule has 0 atom stereocenters. The Morgan fingerprint density at radius 2 is 0.608 bits per heavy atom. The van der Waals surface area contributed by atoms with Gasteiger partial charge in [0.2, 0.25) is 0 Å². The first-order valence-corrected chi connectivity index (χ1v) is 27.1. The van der Waals surface area contributed by atoms with Crippen molar-refractivity contribution in [3.8, 4) is 0 Å². The summed E-state index contributed by atoms with van der Waals surface area (Å²) in [6, 6.07) is 80.4. The van der Waals surface area contributed by atoms with Gasteiger partial charge in [0.1, 0.15) is 0 Å². The Morgan fingerprint density at radius 1 is 0.365 bits per heavy atom. The zero-order chi connectivity index (χ0) is 50.0. The second-order valence-corrected chi connectivity index (χ2v) is 19.2. The van der Waals surface area contributed by atoms with Crippen LogP contribution in [0.15, 0.2) is 266 Å². The summed E-state index contributed by atoms with van der Waals surface area (Å²) < 4.78 is 2.65. The van der Waals surface area contributed by atoms with Crippen molar-refractivity contribution in [2.24, 2.45) is 0 Å². The Kier molecular flexibility index (Phi) is 26.5. The molecule has 0 saturated carbocycles. The third-order valence-electron chi connectivity index (χ3n) is 12.4. The second kappa shape index (κ2) is 33.2. The van der Waals surface area contributed by atoms with Gasteiger partial charge in [-0.25, -0.2) is 23.3 Å². The van der Waals surface area contributed by atoms with Crippen molar-refractivity contribution in [3.05, 3.63) is 300 Å². The third kappa shape index (κ3) is 18.2. The summed E-state index contributed by atoms with van der Waals surface area (Å²) in [5.74, 6) is 0. The van der Waals surface area contributed by atoms with Gasteiger partial charge in [0, 0.05) is 0 Å². The standard InChI is InChI=1S/2C13H9.2C13H10.2C9H13.2ClH.2Ti/c2*1-3-7-12-10(5-1)9-11-6-2-4-8-13(11)12;2*1-3-7-12(8-4-1)11-13-9-5-2-6-10-13;2*1-2-3-6-9-7-4-5-8-9;;;;/h2*1-9H;2*1-10H;2*4,7H,2-3,5-6H2,1H3;2*1H;;/q2*-1;;;2*-1;;;2*+2/p-2. The van der Waals surface area contributed by atoms with Crippen molar-refractivity contribution in [2.45, 2.75) is 65.2 Å². The Morgan fingerprint density at radius 3 is 0.838 bits per heavy atom. The van der Waals surface area contributed by atoms with Gasteiger partial charge in [0.25, 0.3) is 0 Å². The molecule has 0 aliphatic heterocycles. The van der Waals surface area contributed by atoms with E-state index in [0.717, 1.165) is 12.8 Å². The van der Waals surface area contributed by atoms with E-state index in [1.807, 2.05) is 24.3 Å². The van der Waals surface area contributed by atoms with E-state index in [0.29, 0.717) is 0 Å². The zero-order valence-electron chi connectivity index (χ0n) is 42.7. The third-order valence-corrected chi connectivity index (χ3v) is 14.2. The molecule has 0 amide bonds. The monoisotopic (exact) mass is 1070 g/mol. The van der Waals surface area contributed by atoms with Crippen molar-refractivity contribution >= 4 is 50.7 Å². The van der Waals surface area contributed by atoms with Crippen LogP contribution in [0.3, 0.4) is 0 Å². The fraction of sp³-hybridized carbons (Fsp3) is 0.143. The molecule has 0 N–H and O–H groups in total. The molecule has 0 bridgehead atoms. The molecule has 10 aromatic carbocycles. The first kappa shape index (κ1) is 59.1. The summed E-state index contributed by atoms with van der Waals surface area (Å²) in [6.07, 6.45) is 25.1. The van der Waals surface area contributed by atoms with Crippen LogP contribution >= 0.6 is 0 Å². The Hall–Kier alpha value is -5.79. The molecule has 0 radical (unpaired) electrons. The van der Waals surface area contributed by atoms with Crippen LogP contribution in [0.4, 0.5) is 0 Å². The van der Waals surface area contributed by atoms with Crippen LogP contribution < -0.4 is 24.8 Å². The summed E-state index contributed by atoms with van der Waals surface area (Å²) in [7, 11) is 0. The van der Waals surface area contributed by atoms with Gasteiger partial charge in [-0.05, 0) is 0 Å². The molecule has 0 heterocycles. The number of halogens is 2. The number of hydrogen-bond donors (Lipinski definition) is 0. The van der Waals surface area contributed by atoms with E-state index in [2.05, 4.69) is 297 Å². The van der Waals surface area contributed by atoms with E-state index >= 15 is 0 Å². The molecule has 0 aromatic heterocycles. The molecule has 10 aromatic rings. The minimum absolute atomic E-state index is 0. The van der Waals surface area contributed by atoms with Crippen LogP contribution in [0.5, 0.6) is 0 Å². The maximum atomic E-state index is 3.30. The molecule has 0 unspecified atom stereocenters. The maximum Gasteiger partial charge on any atom is -0.0771 e. The smallest absolute Gasteiger partial charge is 0.0771 e. The van der Waals surface area contributed by atoms with E-state index in [1.165, 1.54) is 123 Å². The Labute approximate surface area is 477 Å². The van der Waals surface area contributed by atoms with Gasteiger partial charge in [-0.3, -0.25) is 12.2 Å². The van der Waals surface area contributed by atoms with Gasteiger partial charge in [-0.15, -0.1) is 92.3 Å². The van der Waals surface area contributed by atoms with Crippen molar-refractivity contribution in [3.63, 3.8) is 0 Å². The van der Waals surface area contributed by atoms with Crippen LogP contribution in [0.2, 0.25) is 0 Å². The van der Waals surface area contributed by atoms with Gasteiger partial charge in [-0.1, -0.05) is 125 Å². The van der Waals surface area contributed by atoms with Crippen LogP contribution in [0.1, 0.15) is 87.5 Å². The summed E-state index contributed by atoms with van der Waals surface area (Å²) in [5.41, 5.74) is 7.99. The van der Waals surface area contributed by atoms with Gasteiger partial charge in [0.05, 0.1) is 0 Å². The van der Waals surface area contributed by atoms with E-state index in [-0.39, 0.29) is 24.8 Å². The van der Waals surface area contributed by atoms with E-state index in [9.17, 15) is 0 Å². The quantitative estimate of drug-likeness (QED) is 0.0946. The normalized spacial score (nSPS) is 11.6. The summed E-state index contributed by atoms with van der Waals surface area (Å²) in [6.45, 7) is 4.44. The van der Waals surface area contributed by atoms with Crippen LogP contribution in [-0.4, -0.2) is 7.62 Å². The number of unbranched alkanes of at least 4 members (excludes halogenated alkanes) is 2. The Balaban J connectivity index is 0.000000165. The number of fused-ring (bicyclic) bond motifs is 6. The molecule has 0 spiro atoms. The first-order chi connectivity index (χ1) is 35.5. The Bertz CT molecular complexity index is 2930. The van der Waals surface area contributed by atoms with Crippen LogP contribution in [0.25, 0.3) is 43.1 Å². The SMILES string of the molecule is CCCCC1=[C-]CC=C1.CCCCC1=[C-]CC=C1.[Cl-].[Cl-].[Ti+2]=[C](c1ccccc1)c1ccccc1.[Ti+2]=[C](c1ccccc1)c1ccccc1.c1ccc2c(c1)[cH-]c1ccccc12.c1ccc2c(c1)[cH-]c1ccccc12. The number of benzene rings is 8. The fourth-order valence-electron chi connectivity index (χ4n) is 8.54. The van der Waals surface area contributed by atoms with Gasteiger partial charge in [-0.2, -0.15) is 12.2 Å². The van der Waals surface area contributed by atoms with Crippen molar-refractivity contribution in [2.75, 3.05) is 0 Å². The molecule has 12 rings (SSSR count). The average molecular weight is 1070 g/mol. The van der Waals surface area contributed by atoms with Crippen molar-refractivity contribution in [1.29, 1.82) is 0 Å². The predicted molar refractivity (Wildman–Crippen MR) is 306 cm³/mol. The fourth-order valence-corrected chi connectivity index (χ4v) is 9.58. The molecule has 2 aliphatic carbocycles. The largest absolute Gasteiger partial charge is 0.126 e. The van der Waals surface area contributed by atoms with E-state index in [4.69, 9.17) is 0 Å². The van der Waals surface area contributed by atoms with Gasteiger partial charge in [0.15, 0.2) is 0 Å². The van der Waals surface area contributed by atoms with Crippen molar-refractivity contribution < 1.29 is 64.8 Å². The molecule has 2 aliphatic rings. The predicted octanol–water partition coefficient (Wildman–Crippen LogP) is 12.8. The second-order valence-electron chi connectivity index (χ2n) is 17.7. The average Bonchev–Trinajstić information content (AvgIpc) is 4.31. The molecule has 0 fully saturated rings. The topological polar surface area (TPSA) is 0 Å². The van der Waals surface area contributed by atoms with Crippen molar-refractivity contribution in [1.82, 2.24) is 0 Å². The molecular formula is C70H64Cl2Ti2-2. The van der Waals surface area contributed by atoms with Crippen LogP contribution in [0, 0.1) is 12.2 Å². The van der Waals surface area contributed by atoms with E-state index < -0.39 is 0 Å². The molecule has 0 saturated heterocycles. The molecule has 368 valence electrons. The van der Waals surface area contributed by atoms with Gasteiger partial charge < -0.3 is 24.8 Å². The molecular weight excluding hydrogens is 1010 g/mol. The minimum atomic E-state index is 0. The number of rotatable bonds is 10. The van der Waals surface area contributed by atoms with Crippen LogP contribution in [-0.2, 0) is 39.9 Å². The summed E-state index contributed by atoms with van der Waals surface area (Å²) in [5, 5.41) is 10.8. The summed E-state index contributed by atoms with van der Waals surface area (Å²) >= 11 is 4.31. The minimum Gasteiger partial charge on any atom is -0.126 e. The first-order valence-electron chi connectivity index (χ1n) is 25.5. The number of allylic oxidation sites excluding steroid dienone is 8. The number of hydrogen-bond acceptors (Lipinski definition) is 0.